The Morgan fingerprint density at radius 1 is 0.357 bits per heavy atom. The van der Waals surface area contributed by atoms with Crippen LogP contribution in [0.2, 0.25) is 0 Å². The largest absolute Gasteiger partial charge is 0.309 e. The zero-order valence-corrected chi connectivity index (χ0v) is 31.1. The molecule has 0 spiro atoms. The molecule has 11 rings (SSSR count). The molecular weight excluding hydrogens is 699 g/mol. The van der Waals surface area contributed by atoms with Gasteiger partial charge in [-0.3, -0.25) is 0 Å². The minimum atomic E-state index is 0.705. The van der Waals surface area contributed by atoms with Gasteiger partial charge in [0.05, 0.1) is 22.4 Å². The summed E-state index contributed by atoms with van der Waals surface area (Å²) in [5, 5.41) is 5.09. The molecule has 3 nitrogen and oxygen atoms in total. The molecular formula is C52H33N3S. The van der Waals surface area contributed by atoms with E-state index in [4.69, 9.17) is 9.97 Å². The number of hydrogen-bond donors (Lipinski definition) is 0. The van der Waals surface area contributed by atoms with Crippen LogP contribution in [0.5, 0.6) is 0 Å². The van der Waals surface area contributed by atoms with Crippen LogP contribution < -0.4 is 0 Å². The summed E-state index contributed by atoms with van der Waals surface area (Å²) in [6.45, 7) is 0. The summed E-state index contributed by atoms with van der Waals surface area (Å²) in [6, 6.07) is 71.4. The topological polar surface area (TPSA) is 30.7 Å². The standard InChI is InChI=1S/C52H33N3S/c1-3-13-35(14-4-1)46-33-47(36-15-5-2-6-16-36)54-52(53-46)39-18-11-17-37(31-39)38-27-30-49-45(32-38)42-19-7-9-23-48(42)55(49)40-28-25-34(26-29-40)41-21-12-22-44-43-20-8-10-24-50(43)56-51(41)44/h1-33H. The molecule has 0 bridgehead atoms. The second-order valence-electron chi connectivity index (χ2n) is 14.2. The van der Waals surface area contributed by atoms with Gasteiger partial charge < -0.3 is 4.57 Å². The Balaban J connectivity index is 0.990. The number of thiophene rings is 1. The molecule has 8 aromatic carbocycles. The van der Waals surface area contributed by atoms with Crippen LogP contribution in [-0.2, 0) is 0 Å². The van der Waals surface area contributed by atoms with E-state index in [1.54, 1.807) is 0 Å². The smallest absolute Gasteiger partial charge is 0.160 e. The Bertz CT molecular complexity index is 3170. The molecule has 3 heterocycles. The average Bonchev–Trinajstić information content (AvgIpc) is 3.83. The Kier molecular flexibility index (Phi) is 7.68. The second-order valence-corrected chi connectivity index (χ2v) is 15.2. The molecule has 0 N–H and O–H groups in total. The number of benzene rings is 8. The first-order chi connectivity index (χ1) is 27.7. The normalized spacial score (nSPS) is 11.6. The summed E-state index contributed by atoms with van der Waals surface area (Å²) >= 11 is 1.87. The van der Waals surface area contributed by atoms with Gasteiger partial charge in [0.2, 0.25) is 0 Å². The van der Waals surface area contributed by atoms with E-state index in [2.05, 4.69) is 193 Å². The van der Waals surface area contributed by atoms with Crippen LogP contribution in [0, 0.1) is 0 Å². The Morgan fingerprint density at radius 2 is 0.929 bits per heavy atom. The first-order valence-corrected chi connectivity index (χ1v) is 19.7. The molecule has 0 amide bonds. The van der Waals surface area contributed by atoms with E-state index in [9.17, 15) is 0 Å². The summed E-state index contributed by atoms with van der Waals surface area (Å²) in [7, 11) is 0. The molecule has 0 unspecified atom stereocenters. The van der Waals surface area contributed by atoms with Crippen LogP contribution >= 0.6 is 11.3 Å². The monoisotopic (exact) mass is 731 g/mol. The van der Waals surface area contributed by atoms with Crippen molar-refractivity contribution in [1.29, 1.82) is 0 Å². The number of para-hydroxylation sites is 1. The van der Waals surface area contributed by atoms with Gasteiger partial charge in [-0.2, -0.15) is 0 Å². The van der Waals surface area contributed by atoms with E-state index < -0.39 is 0 Å². The van der Waals surface area contributed by atoms with Crippen LogP contribution in [0.15, 0.2) is 200 Å². The van der Waals surface area contributed by atoms with E-state index >= 15 is 0 Å². The van der Waals surface area contributed by atoms with Gasteiger partial charge in [-0.25, -0.2) is 9.97 Å². The maximum atomic E-state index is 5.10. The summed E-state index contributed by atoms with van der Waals surface area (Å²) in [6.07, 6.45) is 0. The number of rotatable bonds is 6. The predicted octanol–water partition coefficient (Wildman–Crippen LogP) is 14.3. The molecule has 11 aromatic rings. The van der Waals surface area contributed by atoms with Crippen molar-refractivity contribution in [2.45, 2.75) is 0 Å². The van der Waals surface area contributed by atoms with Crippen LogP contribution in [0.1, 0.15) is 0 Å². The first kappa shape index (κ1) is 32.3. The fourth-order valence-electron chi connectivity index (χ4n) is 8.12. The van der Waals surface area contributed by atoms with Crippen molar-refractivity contribution < 1.29 is 0 Å². The number of nitrogens with zero attached hydrogens (tertiary/aromatic N) is 3. The highest BCUT2D eigenvalue weighted by molar-refractivity contribution is 7.26. The molecule has 0 radical (unpaired) electrons. The molecule has 262 valence electrons. The van der Waals surface area contributed by atoms with E-state index in [0.717, 1.165) is 44.9 Å². The molecule has 0 aliphatic rings. The van der Waals surface area contributed by atoms with Crippen LogP contribution in [0.4, 0.5) is 0 Å². The van der Waals surface area contributed by atoms with Crippen molar-refractivity contribution >= 4 is 53.3 Å². The first-order valence-electron chi connectivity index (χ1n) is 18.9. The van der Waals surface area contributed by atoms with Gasteiger partial charge in [0.1, 0.15) is 0 Å². The average molecular weight is 732 g/mol. The van der Waals surface area contributed by atoms with Crippen LogP contribution in [0.3, 0.4) is 0 Å². The Morgan fingerprint density at radius 3 is 1.70 bits per heavy atom. The highest BCUT2D eigenvalue weighted by atomic mass is 32.1. The number of hydrogen-bond acceptors (Lipinski definition) is 3. The lowest BCUT2D eigenvalue weighted by Crippen LogP contribution is -1.96. The molecule has 0 fully saturated rings. The molecule has 0 atom stereocenters. The highest BCUT2D eigenvalue weighted by Crippen LogP contribution is 2.41. The van der Waals surface area contributed by atoms with Gasteiger partial charge in [0.25, 0.3) is 0 Å². The van der Waals surface area contributed by atoms with Crippen molar-refractivity contribution in [3.63, 3.8) is 0 Å². The summed E-state index contributed by atoms with van der Waals surface area (Å²) in [5.41, 5.74) is 13.2. The maximum absolute atomic E-state index is 5.10. The highest BCUT2D eigenvalue weighted by Gasteiger charge is 2.16. The zero-order chi connectivity index (χ0) is 37.0. The predicted molar refractivity (Wildman–Crippen MR) is 236 cm³/mol. The molecule has 4 heteroatoms. The summed E-state index contributed by atoms with van der Waals surface area (Å²) < 4.78 is 5.05. The Hall–Kier alpha value is -7.14. The zero-order valence-electron chi connectivity index (χ0n) is 30.3. The number of aromatic nitrogens is 3. The molecule has 3 aromatic heterocycles. The summed E-state index contributed by atoms with van der Waals surface area (Å²) in [4.78, 5) is 10.2. The molecule has 0 aliphatic carbocycles. The van der Waals surface area contributed by atoms with Crippen molar-refractivity contribution in [2.75, 3.05) is 0 Å². The van der Waals surface area contributed by atoms with Crippen LogP contribution in [-0.4, -0.2) is 14.5 Å². The second kappa shape index (κ2) is 13.3. The third-order valence-electron chi connectivity index (χ3n) is 10.8. The third kappa shape index (κ3) is 5.50. The molecule has 0 saturated carbocycles. The van der Waals surface area contributed by atoms with Gasteiger partial charge in [-0.05, 0) is 70.8 Å². The quantitative estimate of drug-likeness (QED) is 0.170. The fourth-order valence-corrected chi connectivity index (χ4v) is 9.36. The van der Waals surface area contributed by atoms with E-state index in [0.29, 0.717) is 5.82 Å². The van der Waals surface area contributed by atoms with E-state index in [1.165, 1.54) is 53.1 Å². The molecule has 0 saturated heterocycles. The van der Waals surface area contributed by atoms with E-state index in [1.807, 2.05) is 23.5 Å². The lowest BCUT2D eigenvalue weighted by molar-refractivity contribution is 1.18. The minimum absolute atomic E-state index is 0.705. The fraction of sp³-hybridized carbons (Fsp3) is 0. The van der Waals surface area contributed by atoms with Gasteiger partial charge in [0, 0.05) is 53.3 Å². The van der Waals surface area contributed by atoms with Gasteiger partial charge in [-0.15, -0.1) is 11.3 Å². The Labute approximate surface area is 328 Å². The van der Waals surface area contributed by atoms with Crippen molar-refractivity contribution in [2.24, 2.45) is 0 Å². The SMILES string of the molecule is c1ccc(-c2cc(-c3ccccc3)nc(-c3cccc(-c4ccc5c(c4)c4ccccc4n5-c4ccc(-c5cccc6c5sc5ccccc56)cc4)c3)n2)cc1. The summed E-state index contributed by atoms with van der Waals surface area (Å²) in [5.74, 6) is 0.705. The van der Waals surface area contributed by atoms with Crippen LogP contribution in [0.25, 0.3) is 104 Å². The third-order valence-corrected chi connectivity index (χ3v) is 12.1. The van der Waals surface area contributed by atoms with Gasteiger partial charge in [-0.1, -0.05) is 152 Å². The number of fused-ring (bicyclic) bond motifs is 6. The molecule has 0 aliphatic heterocycles. The van der Waals surface area contributed by atoms with E-state index in [-0.39, 0.29) is 0 Å². The lowest BCUT2D eigenvalue weighted by atomic mass is 10.00. The van der Waals surface area contributed by atoms with Gasteiger partial charge >= 0.3 is 0 Å². The minimum Gasteiger partial charge on any atom is -0.309 e. The van der Waals surface area contributed by atoms with Crippen molar-refractivity contribution in [1.82, 2.24) is 14.5 Å². The lowest BCUT2D eigenvalue weighted by Gasteiger charge is -2.11. The molecule has 56 heavy (non-hydrogen) atoms. The van der Waals surface area contributed by atoms with Gasteiger partial charge in [0.15, 0.2) is 5.82 Å². The van der Waals surface area contributed by atoms with Crippen molar-refractivity contribution in [3.8, 4) is 61.8 Å². The maximum Gasteiger partial charge on any atom is 0.160 e. The van der Waals surface area contributed by atoms with Crippen molar-refractivity contribution in [3.05, 3.63) is 200 Å².